The summed E-state index contributed by atoms with van der Waals surface area (Å²) >= 11 is 0. The van der Waals surface area contributed by atoms with Gasteiger partial charge in [0.15, 0.2) is 0 Å². The zero-order chi connectivity index (χ0) is 15.0. The van der Waals surface area contributed by atoms with Gasteiger partial charge in [0.25, 0.3) is 0 Å². The number of nitrogens with two attached hydrogens (primary N) is 1. The van der Waals surface area contributed by atoms with Crippen molar-refractivity contribution in [3.63, 3.8) is 0 Å². The van der Waals surface area contributed by atoms with E-state index < -0.39 is 10.0 Å². The van der Waals surface area contributed by atoms with Gasteiger partial charge in [0.2, 0.25) is 10.0 Å². The topological polar surface area (TPSA) is 72.2 Å². The number of aryl methyl sites for hydroxylation is 2. The molecule has 0 aliphatic rings. The van der Waals surface area contributed by atoms with Gasteiger partial charge in [-0.15, -0.1) is 0 Å². The third kappa shape index (κ3) is 3.70. The van der Waals surface area contributed by atoms with E-state index in [9.17, 15) is 8.42 Å². The molecule has 0 bridgehead atoms. The number of hydrogen-bond donors (Lipinski definition) is 2. The molecule has 0 aliphatic heterocycles. The largest absolute Gasteiger partial charge is 0.398 e. The second kappa shape index (κ2) is 5.13. The van der Waals surface area contributed by atoms with Gasteiger partial charge in [0, 0.05) is 6.04 Å². The number of rotatable bonds is 3. The second-order valence-corrected chi connectivity index (χ2v) is 7.87. The van der Waals surface area contributed by atoms with Gasteiger partial charge in [0.1, 0.15) is 4.90 Å². The van der Waals surface area contributed by atoms with Crippen molar-refractivity contribution in [1.29, 1.82) is 0 Å². The molecule has 0 saturated carbocycles. The first-order valence-corrected chi connectivity index (χ1v) is 7.82. The fraction of sp³-hybridized carbons (Fsp3) is 0.571. The molecule has 1 aromatic carbocycles. The third-order valence-electron chi connectivity index (χ3n) is 3.55. The van der Waals surface area contributed by atoms with Crippen LogP contribution in [-0.2, 0) is 10.0 Å². The summed E-state index contributed by atoms with van der Waals surface area (Å²) in [6, 6.07) is 3.15. The number of hydrogen-bond acceptors (Lipinski definition) is 3. The molecule has 1 unspecified atom stereocenters. The summed E-state index contributed by atoms with van der Waals surface area (Å²) in [4.78, 5) is 0.159. The van der Waals surface area contributed by atoms with Crippen LogP contribution in [0.2, 0.25) is 0 Å². The van der Waals surface area contributed by atoms with Gasteiger partial charge in [-0.05, 0) is 49.4 Å². The minimum absolute atomic E-state index is 0.151. The standard InChI is InChI=1S/C14H24N2O2S/c1-9-7-12(15)13(8-10(9)2)19(17,18)16-11(3)14(4,5)6/h7-8,11,16H,15H2,1-6H3. The monoisotopic (exact) mass is 284 g/mol. The zero-order valence-corrected chi connectivity index (χ0v) is 13.4. The minimum Gasteiger partial charge on any atom is -0.398 e. The van der Waals surface area contributed by atoms with Crippen LogP contribution in [0.4, 0.5) is 5.69 Å². The molecule has 0 saturated heterocycles. The Morgan fingerprint density at radius 3 is 2.11 bits per heavy atom. The van der Waals surface area contributed by atoms with E-state index in [-0.39, 0.29) is 22.0 Å². The molecule has 0 heterocycles. The maximum Gasteiger partial charge on any atom is 0.242 e. The van der Waals surface area contributed by atoms with Crippen molar-refractivity contribution in [2.24, 2.45) is 5.41 Å². The Balaban J connectivity index is 3.19. The van der Waals surface area contributed by atoms with Crippen LogP contribution in [0.5, 0.6) is 0 Å². The minimum atomic E-state index is -3.59. The molecule has 0 fully saturated rings. The van der Waals surface area contributed by atoms with Gasteiger partial charge in [-0.3, -0.25) is 0 Å². The highest BCUT2D eigenvalue weighted by Gasteiger charge is 2.27. The van der Waals surface area contributed by atoms with Gasteiger partial charge < -0.3 is 5.73 Å². The first-order chi connectivity index (χ1) is 8.45. The van der Waals surface area contributed by atoms with Crippen LogP contribution in [0.1, 0.15) is 38.8 Å². The highest BCUT2D eigenvalue weighted by Crippen LogP contribution is 2.25. The number of nitrogen functional groups attached to an aromatic ring is 1. The van der Waals surface area contributed by atoms with Crippen LogP contribution >= 0.6 is 0 Å². The Kier molecular flexibility index (Phi) is 4.32. The van der Waals surface area contributed by atoms with E-state index in [1.807, 2.05) is 41.5 Å². The van der Waals surface area contributed by atoms with Crippen LogP contribution in [0, 0.1) is 19.3 Å². The van der Waals surface area contributed by atoms with E-state index in [0.717, 1.165) is 11.1 Å². The van der Waals surface area contributed by atoms with Crippen molar-refractivity contribution in [3.8, 4) is 0 Å². The van der Waals surface area contributed by atoms with Crippen molar-refractivity contribution >= 4 is 15.7 Å². The molecule has 4 nitrogen and oxygen atoms in total. The molecule has 0 radical (unpaired) electrons. The lowest BCUT2D eigenvalue weighted by Gasteiger charge is -2.28. The van der Waals surface area contributed by atoms with E-state index >= 15 is 0 Å². The van der Waals surface area contributed by atoms with Gasteiger partial charge in [-0.2, -0.15) is 0 Å². The molecule has 108 valence electrons. The summed E-state index contributed by atoms with van der Waals surface area (Å²) in [5.41, 5.74) is 7.88. The lowest BCUT2D eigenvalue weighted by atomic mass is 9.89. The predicted molar refractivity (Wildman–Crippen MR) is 79.6 cm³/mol. The number of benzene rings is 1. The molecule has 1 rings (SSSR count). The fourth-order valence-electron chi connectivity index (χ4n) is 1.52. The summed E-state index contributed by atoms with van der Waals surface area (Å²) in [6.45, 7) is 11.6. The van der Waals surface area contributed by atoms with E-state index in [4.69, 9.17) is 5.73 Å². The van der Waals surface area contributed by atoms with E-state index in [1.165, 1.54) is 0 Å². The van der Waals surface area contributed by atoms with Crippen molar-refractivity contribution in [1.82, 2.24) is 4.72 Å². The second-order valence-electron chi connectivity index (χ2n) is 6.18. The van der Waals surface area contributed by atoms with Crippen molar-refractivity contribution in [2.45, 2.75) is 52.5 Å². The van der Waals surface area contributed by atoms with Crippen LogP contribution in [0.15, 0.2) is 17.0 Å². The van der Waals surface area contributed by atoms with Crippen LogP contribution < -0.4 is 10.5 Å². The van der Waals surface area contributed by atoms with Crippen LogP contribution in [0.3, 0.4) is 0 Å². The lowest BCUT2D eigenvalue weighted by molar-refractivity contribution is 0.317. The first kappa shape index (κ1) is 16.0. The van der Waals surface area contributed by atoms with Crippen molar-refractivity contribution < 1.29 is 8.42 Å². The normalized spacial score (nSPS) is 14.4. The molecule has 0 spiro atoms. The first-order valence-electron chi connectivity index (χ1n) is 6.34. The quantitative estimate of drug-likeness (QED) is 0.838. The van der Waals surface area contributed by atoms with Crippen molar-refractivity contribution in [2.75, 3.05) is 5.73 Å². The lowest BCUT2D eigenvalue weighted by Crippen LogP contribution is -2.41. The summed E-state index contributed by atoms with van der Waals surface area (Å²) in [5, 5.41) is 0. The molecule has 5 heteroatoms. The Bertz CT molecular complexity index is 572. The summed E-state index contributed by atoms with van der Waals surface area (Å²) in [5.74, 6) is 0. The van der Waals surface area contributed by atoms with Crippen LogP contribution in [0.25, 0.3) is 0 Å². The van der Waals surface area contributed by atoms with E-state index in [0.29, 0.717) is 0 Å². The predicted octanol–water partition coefficient (Wildman–Crippen LogP) is 2.60. The number of anilines is 1. The Morgan fingerprint density at radius 1 is 1.16 bits per heavy atom. The van der Waals surface area contributed by atoms with Crippen LogP contribution in [-0.4, -0.2) is 14.5 Å². The SMILES string of the molecule is Cc1cc(N)c(S(=O)(=O)NC(C)C(C)(C)C)cc1C. The maximum atomic E-state index is 12.4. The Labute approximate surface area is 116 Å². The molecular weight excluding hydrogens is 260 g/mol. The van der Waals surface area contributed by atoms with Crippen molar-refractivity contribution in [3.05, 3.63) is 23.3 Å². The van der Waals surface area contributed by atoms with E-state index in [1.54, 1.807) is 12.1 Å². The molecule has 1 aromatic rings. The zero-order valence-electron chi connectivity index (χ0n) is 12.5. The summed E-state index contributed by atoms with van der Waals surface area (Å²) in [7, 11) is -3.59. The summed E-state index contributed by atoms with van der Waals surface area (Å²) in [6.07, 6.45) is 0. The van der Waals surface area contributed by atoms with Gasteiger partial charge in [0.05, 0.1) is 5.69 Å². The maximum absolute atomic E-state index is 12.4. The Hall–Kier alpha value is -1.07. The fourth-order valence-corrected chi connectivity index (χ4v) is 3.16. The molecular formula is C14H24N2O2S. The van der Waals surface area contributed by atoms with Gasteiger partial charge in [-0.1, -0.05) is 20.8 Å². The highest BCUT2D eigenvalue weighted by atomic mass is 32.2. The molecule has 0 aliphatic carbocycles. The number of sulfonamides is 1. The van der Waals surface area contributed by atoms with E-state index in [2.05, 4.69) is 4.72 Å². The molecule has 19 heavy (non-hydrogen) atoms. The van der Waals surface area contributed by atoms with Gasteiger partial charge in [-0.25, -0.2) is 13.1 Å². The summed E-state index contributed by atoms with van der Waals surface area (Å²) < 4.78 is 27.5. The molecule has 0 aromatic heterocycles. The third-order valence-corrected chi connectivity index (χ3v) is 5.14. The average Bonchev–Trinajstić information content (AvgIpc) is 2.21. The Morgan fingerprint density at radius 2 is 1.63 bits per heavy atom. The molecule has 3 N–H and O–H groups in total. The van der Waals surface area contributed by atoms with Gasteiger partial charge >= 0.3 is 0 Å². The average molecular weight is 284 g/mol. The smallest absolute Gasteiger partial charge is 0.242 e. The molecule has 0 amide bonds. The molecule has 1 atom stereocenters. The number of nitrogens with one attached hydrogen (secondary N) is 1. The highest BCUT2D eigenvalue weighted by molar-refractivity contribution is 7.89.